The van der Waals surface area contributed by atoms with Gasteiger partial charge in [0.15, 0.2) is 0 Å². The maximum atomic E-state index is 12.2. The van der Waals surface area contributed by atoms with Crippen molar-refractivity contribution in [1.82, 2.24) is 10.3 Å². The number of aromatic nitrogens is 1. The summed E-state index contributed by atoms with van der Waals surface area (Å²) in [6, 6.07) is 11.6. The third-order valence-corrected chi connectivity index (χ3v) is 3.31. The molecule has 20 heavy (non-hydrogen) atoms. The molecule has 1 amide bonds. The average Bonchev–Trinajstić information content (AvgIpc) is 2.49. The lowest BCUT2D eigenvalue weighted by Crippen LogP contribution is -2.26. The minimum atomic E-state index is -0.0441. The summed E-state index contributed by atoms with van der Waals surface area (Å²) in [7, 11) is 0. The first kappa shape index (κ1) is 14.3. The minimum absolute atomic E-state index is 0.0270. The van der Waals surface area contributed by atoms with Gasteiger partial charge in [0.25, 0.3) is 5.91 Å². The lowest BCUT2D eigenvalue weighted by Gasteiger charge is -2.14. The van der Waals surface area contributed by atoms with Gasteiger partial charge in [-0.1, -0.05) is 25.5 Å². The Morgan fingerprint density at radius 1 is 1.15 bits per heavy atom. The summed E-state index contributed by atoms with van der Waals surface area (Å²) in [6.45, 7) is 4.12. The molecule has 1 aromatic heterocycles. The van der Waals surface area contributed by atoms with Crippen molar-refractivity contribution in [3.05, 3.63) is 65.5 Å². The van der Waals surface area contributed by atoms with E-state index in [2.05, 4.69) is 17.2 Å². The van der Waals surface area contributed by atoms with Gasteiger partial charge in [0.2, 0.25) is 0 Å². The van der Waals surface area contributed by atoms with Gasteiger partial charge in [-0.05, 0) is 48.7 Å². The zero-order valence-corrected chi connectivity index (χ0v) is 12.0. The highest BCUT2D eigenvalue weighted by molar-refractivity contribution is 5.94. The molecule has 3 heteroatoms. The Morgan fingerprint density at radius 2 is 1.80 bits per heavy atom. The largest absolute Gasteiger partial charge is 0.346 e. The van der Waals surface area contributed by atoms with Gasteiger partial charge < -0.3 is 5.32 Å². The molecule has 0 bridgehead atoms. The first-order valence-electron chi connectivity index (χ1n) is 7.00. The molecule has 0 aliphatic heterocycles. The highest BCUT2D eigenvalue weighted by Crippen LogP contribution is 2.12. The number of nitrogens with zero attached hydrogens (tertiary/aromatic N) is 1. The van der Waals surface area contributed by atoms with Crippen molar-refractivity contribution < 1.29 is 4.79 Å². The van der Waals surface area contributed by atoms with Crippen LogP contribution < -0.4 is 5.32 Å². The number of carbonyl (C=O) groups excluding carboxylic acids is 1. The van der Waals surface area contributed by atoms with Crippen LogP contribution in [0.3, 0.4) is 0 Å². The number of aryl methyl sites for hydroxylation is 1. The van der Waals surface area contributed by atoms with Gasteiger partial charge in [0.1, 0.15) is 0 Å². The van der Waals surface area contributed by atoms with Gasteiger partial charge >= 0.3 is 0 Å². The van der Waals surface area contributed by atoms with Crippen LogP contribution in [0.4, 0.5) is 0 Å². The molecular weight excluding hydrogens is 248 g/mol. The maximum Gasteiger partial charge on any atom is 0.251 e. The number of hydrogen-bond donors (Lipinski definition) is 1. The second-order valence-corrected chi connectivity index (χ2v) is 4.92. The number of carbonyl (C=O) groups is 1. The van der Waals surface area contributed by atoms with Crippen LogP contribution in [-0.4, -0.2) is 10.9 Å². The summed E-state index contributed by atoms with van der Waals surface area (Å²) in [6.07, 6.45) is 5.63. The molecule has 0 aliphatic rings. The van der Waals surface area contributed by atoms with Crippen LogP contribution >= 0.6 is 0 Å². The fraction of sp³-hybridized carbons (Fsp3) is 0.294. The minimum Gasteiger partial charge on any atom is -0.346 e. The van der Waals surface area contributed by atoms with Gasteiger partial charge in [-0.3, -0.25) is 9.78 Å². The molecule has 1 aromatic carbocycles. The quantitative estimate of drug-likeness (QED) is 0.901. The highest BCUT2D eigenvalue weighted by Gasteiger charge is 2.11. The number of pyridine rings is 1. The molecule has 104 valence electrons. The fourth-order valence-corrected chi connectivity index (χ4v) is 2.13. The SMILES string of the molecule is CCCc1ccc(C(=O)NC(C)c2ccncc2)cc1. The number of nitrogens with one attached hydrogen (secondary N) is 1. The van der Waals surface area contributed by atoms with Crippen LogP contribution in [0.5, 0.6) is 0 Å². The molecule has 1 atom stereocenters. The van der Waals surface area contributed by atoms with Crippen LogP contribution in [-0.2, 0) is 6.42 Å². The van der Waals surface area contributed by atoms with E-state index in [4.69, 9.17) is 0 Å². The van der Waals surface area contributed by atoms with Crippen molar-refractivity contribution in [1.29, 1.82) is 0 Å². The van der Waals surface area contributed by atoms with Crippen LogP contribution in [0.25, 0.3) is 0 Å². The van der Waals surface area contributed by atoms with Crippen molar-refractivity contribution >= 4 is 5.91 Å². The van der Waals surface area contributed by atoms with Crippen molar-refractivity contribution in [3.63, 3.8) is 0 Å². The summed E-state index contributed by atoms with van der Waals surface area (Å²) in [5, 5.41) is 3.00. The molecule has 0 saturated heterocycles. The third-order valence-electron chi connectivity index (χ3n) is 3.31. The van der Waals surface area contributed by atoms with Crippen LogP contribution in [0.15, 0.2) is 48.8 Å². The Kier molecular flexibility index (Phi) is 4.88. The van der Waals surface area contributed by atoms with Crippen LogP contribution in [0.1, 0.15) is 47.8 Å². The molecule has 0 saturated carbocycles. The monoisotopic (exact) mass is 268 g/mol. The normalized spacial score (nSPS) is 11.9. The molecule has 1 unspecified atom stereocenters. The molecule has 1 N–H and O–H groups in total. The fourth-order valence-electron chi connectivity index (χ4n) is 2.13. The molecule has 0 radical (unpaired) electrons. The lowest BCUT2D eigenvalue weighted by molar-refractivity contribution is 0.0940. The summed E-state index contributed by atoms with van der Waals surface area (Å²) >= 11 is 0. The summed E-state index contributed by atoms with van der Waals surface area (Å²) < 4.78 is 0. The number of hydrogen-bond acceptors (Lipinski definition) is 2. The molecule has 0 fully saturated rings. The van der Waals surface area contributed by atoms with E-state index < -0.39 is 0 Å². The van der Waals surface area contributed by atoms with Gasteiger partial charge in [-0.15, -0.1) is 0 Å². The molecule has 2 rings (SSSR count). The van der Waals surface area contributed by atoms with Crippen molar-refractivity contribution in [2.75, 3.05) is 0 Å². The predicted molar refractivity (Wildman–Crippen MR) is 80.6 cm³/mol. The Hall–Kier alpha value is -2.16. The van der Waals surface area contributed by atoms with Crippen molar-refractivity contribution in [2.45, 2.75) is 32.7 Å². The average molecular weight is 268 g/mol. The van der Waals surface area contributed by atoms with E-state index in [0.717, 1.165) is 18.4 Å². The summed E-state index contributed by atoms with van der Waals surface area (Å²) in [4.78, 5) is 16.2. The van der Waals surface area contributed by atoms with E-state index in [9.17, 15) is 4.79 Å². The topological polar surface area (TPSA) is 42.0 Å². The zero-order chi connectivity index (χ0) is 14.4. The highest BCUT2D eigenvalue weighted by atomic mass is 16.1. The molecule has 3 nitrogen and oxygen atoms in total. The third kappa shape index (κ3) is 3.67. The Balaban J connectivity index is 2.01. The first-order valence-corrected chi connectivity index (χ1v) is 7.00. The molecular formula is C17H20N2O. The molecule has 0 aliphatic carbocycles. The van der Waals surface area contributed by atoms with E-state index in [0.29, 0.717) is 5.56 Å². The number of benzene rings is 1. The van der Waals surface area contributed by atoms with E-state index in [-0.39, 0.29) is 11.9 Å². The van der Waals surface area contributed by atoms with E-state index in [1.165, 1.54) is 5.56 Å². The smallest absolute Gasteiger partial charge is 0.251 e. The summed E-state index contributed by atoms with van der Waals surface area (Å²) in [5.74, 6) is -0.0441. The van der Waals surface area contributed by atoms with Gasteiger partial charge in [-0.2, -0.15) is 0 Å². The Labute approximate surface area is 120 Å². The van der Waals surface area contributed by atoms with Crippen LogP contribution in [0, 0.1) is 0 Å². The predicted octanol–water partition coefficient (Wildman–Crippen LogP) is 3.53. The number of rotatable bonds is 5. The van der Waals surface area contributed by atoms with Crippen molar-refractivity contribution in [2.24, 2.45) is 0 Å². The Bertz CT molecular complexity index is 549. The molecule has 2 aromatic rings. The second-order valence-electron chi connectivity index (χ2n) is 4.92. The lowest BCUT2D eigenvalue weighted by atomic mass is 10.1. The first-order chi connectivity index (χ1) is 9.70. The van der Waals surface area contributed by atoms with E-state index >= 15 is 0 Å². The summed E-state index contributed by atoms with van der Waals surface area (Å²) in [5.41, 5.74) is 3.02. The van der Waals surface area contributed by atoms with Crippen LogP contribution in [0.2, 0.25) is 0 Å². The van der Waals surface area contributed by atoms with Crippen molar-refractivity contribution in [3.8, 4) is 0 Å². The standard InChI is InChI=1S/C17H20N2O/c1-3-4-14-5-7-16(8-6-14)17(20)19-13(2)15-9-11-18-12-10-15/h5-13H,3-4H2,1-2H3,(H,19,20). The van der Waals surface area contributed by atoms with Gasteiger partial charge in [0, 0.05) is 18.0 Å². The number of amides is 1. The molecule has 1 heterocycles. The zero-order valence-electron chi connectivity index (χ0n) is 12.0. The Morgan fingerprint density at radius 3 is 2.40 bits per heavy atom. The van der Waals surface area contributed by atoms with E-state index in [1.54, 1.807) is 12.4 Å². The maximum absolute atomic E-state index is 12.2. The van der Waals surface area contributed by atoms with Gasteiger partial charge in [-0.25, -0.2) is 0 Å². The molecule has 0 spiro atoms. The van der Waals surface area contributed by atoms with Gasteiger partial charge in [0.05, 0.1) is 6.04 Å². The second kappa shape index (κ2) is 6.85. The van der Waals surface area contributed by atoms with E-state index in [1.807, 2.05) is 43.3 Å².